The smallest absolute Gasteiger partial charge is 0.0808 e. The van der Waals surface area contributed by atoms with Crippen LogP contribution in [0.3, 0.4) is 0 Å². The van der Waals surface area contributed by atoms with Gasteiger partial charge in [-0.25, -0.2) is 0 Å². The minimum absolute atomic E-state index is 0.340. The van der Waals surface area contributed by atoms with Crippen LogP contribution >= 0.6 is 0 Å². The Bertz CT molecular complexity index is 195. The molecule has 0 radical (unpaired) electrons. The van der Waals surface area contributed by atoms with E-state index in [2.05, 4.69) is 6.07 Å². The third kappa shape index (κ3) is 6.81. The molecule has 0 aliphatic carbocycles. The lowest BCUT2D eigenvalue weighted by Crippen LogP contribution is -2.24. The quantitative estimate of drug-likeness (QED) is 0.596. The number of unbranched alkanes of at least 4 members (excludes halogenated alkanes) is 4. The van der Waals surface area contributed by atoms with Crippen molar-refractivity contribution in [2.75, 3.05) is 19.8 Å². The fourth-order valence-electron chi connectivity index (χ4n) is 1.92. The van der Waals surface area contributed by atoms with Gasteiger partial charge in [-0.1, -0.05) is 12.8 Å². The summed E-state index contributed by atoms with van der Waals surface area (Å²) in [6, 6.07) is 2.16. The second kappa shape index (κ2) is 9.62. The molecule has 0 amide bonds. The van der Waals surface area contributed by atoms with E-state index in [0.717, 1.165) is 45.5 Å². The summed E-state index contributed by atoms with van der Waals surface area (Å²) in [6.45, 7) is 2.51. The van der Waals surface area contributed by atoms with Crippen LogP contribution in [0.15, 0.2) is 0 Å². The summed E-state index contributed by atoms with van der Waals surface area (Å²) in [7, 11) is 0. The molecule has 92 valence electrons. The van der Waals surface area contributed by atoms with Crippen LogP contribution in [0, 0.1) is 11.3 Å². The van der Waals surface area contributed by atoms with E-state index in [0.29, 0.717) is 12.5 Å². The van der Waals surface area contributed by atoms with Crippen molar-refractivity contribution in [2.45, 2.75) is 57.5 Å². The molecule has 0 aromatic rings. The molecule has 3 nitrogen and oxygen atoms in total. The first-order valence-electron chi connectivity index (χ1n) is 6.50. The number of nitriles is 1. The van der Waals surface area contributed by atoms with E-state index in [9.17, 15) is 0 Å². The number of hydrogen-bond acceptors (Lipinski definition) is 3. The average Bonchev–Trinajstić information content (AvgIpc) is 2.34. The molecular formula is C13H23NO2. The summed E-state index contributed by atoms with van der Waals surface area (Å²) in [4.78, 5) is 0. The van der Waals surface area contributed by atoms with Crippen LogP contribution in [0.4, 0.5) is 0 Å². The number of ether oxygens (including phenoxy) is 2. The van der Waals surface area contributed by atoms with Crippen molar-refractivity contribution in [3.8, 4) is 6.07 Å². The lowest BCUT2D eigenvalue weighted by atomic mass is 10.1. The lowest BCUT2D eigenvalue weighted by Gasteiger charge is -2.22. The molecule has 1 atom stereocenters. The highest BCUT2D eigenvalue weighted by Gasteiger charge is 2.13. The van der Waals surface area contributed by atoms with Gasteiger partial charge in [0.15, 0.2) is 0 Å². The van der Waals surface area contributed by atoms with Gasteiger partial charge in [-0.2, -0.15) is 5.26 Å². The van der Waals surface area contributed by atoms with Crippen molar-refractivity contribution < 1.29 is 9.47 Å². The van der Waals surface area contributed by atoms with Gasteiger partial charge in [0.1, 0.15) is 0 Å². The van der Waals surface area contributed by atoms with Crippen LogP contribution in [0.2, 0.25) is 0 Å². The molecule has 16 heavy (non-hydrogen) atoms. The summed E-state index contributed by atoms with van der Waals surface area (Å²) in [5.41, 5.74) is 0. The molecule has 1 heterocycles. The molecule has 0 N–H and O–H groups in total. The molecule has 3 heteroatoms. The summed E-state index contributed by atoms with van der Waals surface area (Å²) < 4.78 is 11.2. The summed E-state index contributed by atoms with van der Waals surface area (Å²) in [5.74, 6) is 0. The summed E-state index contributed by atoms with van der Waals surface area (Å²) >= 11 is 0. The lowest BCUT2D eigenvalue weighted by molar-refractivity contribution is -0.0411. The van der Waals surface area contributed by atoms with Gasteiger partial charge in [0.05, 0.1) is 18.8 Å². The van der Waals surface area contributed by atoms with Crippen molar-refractivity contribution in [3.05, 3.63) is 0 Å². The van der Waals surface area contributed by atoms with Gasteiger partial charge in [0.2, 0.25) is 0 Å². The van der Waals surface area contributed by atoms with E-state index >= 15 is 0 Å². The number of hydrogen-bond donors (Lipinski definition) is 0. The molecule has 1 aliphatic rings. The molecule has 1 unspecified atom stereocenters. The van der Waals surface area contributed by atoms with E-state index in [1.165, 1.54) is 19.3 Å². The Labute approximate surface area is 98.7 Å². The van der Waals surface area contributed by atoms with Gasteiger partial charge in [-0.15, -0.1) is 0 Å². The zero-order chi connectivity index (χ0) is 11.5. The van der Waals surface area contributed by atoms with Gasteiger partial charge in [0, 0.05) is 19.6 Å². The maximum atomic E-state index is 8.36. The second-order valence-corrected chi connectivity index (χ2v) is 4.39. The number of rotatable bonds is 8. The average molecular weight is 225 g/mol. The highest BCUT2D eigenvalue weighted by molar-refractivity contribution is 4.67. The van der Waals surface area contributed by atoms with E-state index in [1.807, 2.05) is 0 Å². The molecule has 0 saturated carbocycles. The topological polar surface area (TPSA) is 42.2 Å². The fourth-order valence-corrected chi connectivity index (χ4v) is 1.92. The molecular weight excluding hydrogens is 202 g/mol. The van der Waals surface area contributed by atoms with Gasteiger partial charge >= 0.3 is 0 Å². The predicted octanol–water partition coefficient (Wildman–Crippen LogP) is 3.05. The minimum Gasteiger partial charge on any atom is -0.379 e. The van der Waals surface area contributed by atoms with E-state index < -0.39 is 0 Å². The largest absolute Gasteiger partial charge is 0.379 e. The standard InChI is InChI=1S/C13H23NO2/c14-9-5-2-1-3-6-10-15-12-13-8-4-7-11-16-13/h13H,1-8,10-12H2. The molecule has 0 aromatic heterocycles. The summed E-state index contributed by atoms with van der Waals surface area (Å²) in [5, 5.41) is 8.36. The van der Waals surface area contributed by atoms with E-state index in [-0.39, 0.29) is 0 Å². The Morgan fingerprint density at radius 2 is 2.06 bits per heavy atom. The number of nitrogens with zero attached hydrogens (tertiary/aromatic N) is 1. The first-order valence-corrected chi connectivity index (χ1v) is 6.50. The van der Waals surface area contributed by atoms with Crippen LogP contribution in [-0.2, 0) is 9.47 Å². The summed E-state index contributed by atoms with van der Waals surface area (Å²) in [6.07, 6.45) is 9.13. The highest BCUT2D eigenvalue weighted by atomic mass is 16.5. The molecule has 1 rings (SSSR count). The van der Waals surface area contributed by atoms with Gasteiger partial charge in [-0.05, 0) is 32.1 Å². The Hall–Kier alpha value is -0.590. The maximum absolute atomic E-state index is 8.36. The van der Waals surface area contributed by atoms with Crippen LogP contribution in [0.1, 0.15) is 51.4 Å². The van der Waals surface area contributed by atoms with Crippen molar-refractivity contribution in [3.63, 3.8) is 0 Å². The van der Waals surface area contributed by atoms with Gasteiger partial charge in [-0.3, -0.25) is 0 Å². The van der Waals surface area contributed by atoms with Crippen LogP contribution in [-0.4, -0.2) is 25.9 Å². The zero-order valence-electron chi connectivity index (χ0n) is 10.1. The Morgan fingerprint density at radius 3 is 2.81 bits per heavy atom. The Kier molecular flexibility index (Phi) is 8.10. The second-order valence-electron chi connectivity index (χ2n) is 4.39. The first kappa shape index (κ1) is 13.5. The Morgan fingerprint density at radius 1 is 1.19 bits per heavy atom. The van der Waals surface area contributed by atoms with E-state index in [1.54, 1.807) is 0 Å². The fraction of sp³-hybridized carbons (Fsp3) is 0.923. The third-order valence-electron chi connectivity index (χ3n) is 2.90. The monoisotopic (exact) mass is 225 g/mol. The van der Waals surface area contributed by atoms with Crippen LogP contribution < -0.4 is 0 Å². The predicted molar refractivity (Wildman–Crippen MR) is 63.1 cm³/mol. The molecule has 0 bridgehead atoms. The maximum Gasteiger partial charge on any atom is 0.0808 e. The van der Waals surface area contributed by atoms with Crippen molar-refractivity contribution in [1.82, 2.24) is 0 Å². The highest BCUT2D eigenvalue weighted by Crippen LogP contribution is 2.13. The normalized spacial score (nSPS) is 20.6. The molecule has 1 aliphatic heterocycles. The van der Waals surface area contributed by atoms with E-state index in [4.69, 9.17) is 14.7 Å². The van der Waals surface area contributed by atoms with Crippen LogP contribution in [0.25, 0.3) is 0 Å². The van der Waals surface area contributed by atoms with Gasteiger partial charge < -0.3 is 9.47 Å². The third-order valence-corrected chi connectivity index (χ3v) is 2.90. The van der Waals surface area contributed by atoms with Gasteiger partial charge in [0.25, 0.3) is 0 Å². The Balaban J connectivity index is 1.79. The van der Waals surface area contributed by atoms with Crippen molar-refractivity contribution in [1.29, 1.82) is 5.26 Å². The van der Waals surface area contributed by atoms with Crippen molar-refractivity contribution >= 4 is 0 Å². The zero-order valence-corrected chi connectivity index (χ0v) is 10.1. The van der Waals surface area contributed by atoms with Crippen LogP contribution in [0.5, 0.6) is 0 Å². The first-order chi connectivity index (χ1) is 7.93. The molecule has 0 spiro atoms. The SMILES string of the molecule is N#CCCCCCCOCC1CCCCO1. The molecule has 0 aromatic carbocycles. The minimum atomic E-state index is 0.340. The molecule has 1 saturated heterocycles. The van der Waals surface area contributed by atoms with Crippen molar-refractivity contribution in [2.24, 2.45) is 0 Å². The molecule has 1 fully saturated rings.